The topological polar surface area (TPSA) is 102 Å². The quantitative estimate of drug-likeness (QED) is 0.151. The lowest BCUT2D eigenvalue weighted by atomic mass is 10.1. The van der Waals surface area contributed by atoms with Crippen molar-refractivity contribution >= 4 is 51.6 Å². The van der Waals surface area contributed by atoms with E-state index in [1.807, 2.05) is 6.07 Å². The second-order valence-corrected chi connectivity index (χ2v) is 7.85. The Balaban J connectivity index is 1.82. The van der Waals surface area contributed by atoms with Crippen LogP contribution in [0.1, 0.15) is 17.0 Å². The van der Waals surface area contributed by atoms with Gasteiger partial charge in [-0.15, -0.1) is 0 Å². The van der Waals surface area contributed by atoms with E-state index >= 15 is 0 Å². The van der Waals surface area contributed by atoms with Crippen molar-refractivity contribution in [1.82, 2.24) is 4.98 Å². The Morgan fingerprint density at radius 1 is 1.17 bits per heavy atom. The molecule has 0 aliphatic carbocycles. The van der Waals surface area contributed by atoms with Crippen LogP contribution in [-0.2, 0) is 6.18 Å². The molecule has 1 heterocycles. The van der Waals surface area contributed by atoms with Crippen molar-refractivity contribution in [1.29, 1.82) is 5.26 Å². The van der Waals surface area contributed by atoms with Gasteiger partial charge >= 0.3 is 11.9 Å². The van der Waals surface area contributed by atoms with Crippen LogP contribution in [0.2, 0.25) is 10.0 Å². The zero-order chi connectivity index (χ0) is 25.3. The summed E-state index contributed by atoms with van der Waals surface area (Å²) >= 11 is 12.3. The van der Waals surface area contributed by atoms with Gasteiger partial charge < -0.3 is 9.15 Å². The van der Waals surface area contributed by atoms with E-state index in [0.29, 0.717) is 23.2 Å². The molecule has 0 saturated carbocycles. The van der Waals surface area contributed by atoms with Crippen LogP contribution in [0.4, 0.5) is 18.9 Å². The van der Waals surface area contributed by atoms with Crippen LogP contribution in [0, 0.1) is 21.4 Å². The highest BCUT2D eigenvalue weighted by atomic mass is 35.5. The van der Waals surface area contributed by atoms with E-state index in [1.54, 1.807) is 24.3 Å². The van der Waals surface area contributed by atoms with Crippen molar-refractivity contribution in [3.8, 4) is 17.6 Å². The molecule has 0 saturated heterocycles. The fourth-order valence-electron chi connectivity index (χ4n) is 3.11. The van der Waals surface area contributed by atoms with Gasteiger partial charge in [0.2, 0.25) is 11.6 Å². The normalized spacial score (nSPS) is 11.9. The van der Waals surface area contributed by atoms with Gasteiger partial charge in [0.15, 0.2) is 11.3 Å². The maximum absolute atomic E-state index is 13.0. The highest BCUT2D eigenvalue weighted by Crippen LogP contribution is 2.42. The number of hydrogen-bond donors (Lipinski definition) is 0. The number of aromatic nitrogens is 1. The number of oxazole rings is 1. The molecule has 1 aromatic heterocycles. The first-order chi connectivity index (χ1) is 16.6. The SMILES string of the molecule is N#C/C(=C\c1cc(Cl)cc(Cl)c1Oc1ccc(C(F)(F)F)cc1[N+](=O)[O-])c1nc2ccccc2o1. The second-order valence-electron chi connectivity index (χ2n) is 7.00. The minimum atomic E-state index is -4.80. The van der Waals surface area contributed by atoms with Crippen molar-refractivity contribution in [3.05, 3.63) is 91.8 Å². The lowest BCUT2D eigenvalue weighted by Gasteiger charge is -2.13. The van der Waals surface area contributed by atoms with Gasteiger partial charge in [0.1, 0.15) is 17.2 Å². The number of nitrogens with zero attached hydrogens (tertiary/aromatic N) is 3. The first-order valence-corrected chi connectivity index (χ1v) is 10.3. The van der Waals surface area contributed by atoms with E-state index < -0.39 is 28.1 Å². The molecule has 4 rings (SSSR count). The molecule has 12 heteroatoms. The summed E-state index contributed by atoms with van der Waals surface area (Å²) in [6, 6.07) is 13.2. The number of ether oxygens (including phenoxy) is 1. The highest BCUT2D eigenvalue weighted by Gasteiger charge is 2.33. The fraction of sp³-hybridized carbons (Fsp3) is 0.0435. The molecule has 0 atom stereocenters. The molecule has 0 aliphatic heterocycles. The molecular formula is C23H10Cl2F3N3O4. The Labute approximate surface area is 204 Å². The molecule has 0 unspecified atom stereocenters. The minimum Gasteiger partial charge on any atom is -0.448 e. The Morgan fingerprint density at radius 3 is 2.57 bits per heavy atom. The predicted octanol–water partition coefficient (Wildman–Crippen LogP) is 7.92. The molecule has 0 amide bonds. The predicted molar refractivity (Wildman–Crippen MR) is 122 cm³/mol. The number of hydrogen-bond acceptors (Lipinski definition) is 6. The Kier molecular flexibility index (Phi) is 6.39. The molecule has 0 N–H and O–H groups in total. The van der Waals surface area contributed by atoms with Crippen LogP contribution in [0.5, 0.6) is 11.5 Å². The molecule has 3 aromatic carbocycles. The zero-order valence-corrected chi connectivity index (χ0v) is 18.6. The van der Waals surface area contributed by atoms with Crippen LogP contribution in [0.15, 0.2) is 59.0 Å². The maximum atomic E-state index is 13.0. The van der Waals surface area contributed by atoms with E-state index in [0.717, 1.165) is 6.07 Å². The molecule has 0 aliphatic rings. The third-order valence-electron chi connectivity index (χ3n) is 4.68. The van der Waals surface area contributed by atoms with Crippen LogP contribution in [0.25, 0.3) is 22.7 Å². The molecule has 35 heavy (non-hydrogen) atoms. The Morgan fingerprint density at radius 2 is 1.91 bits per heavy atom. The average Bonchev–Trinajstić information content (AvgIpc) is 3.22. The monoisotopic (exact) mass is 519 g/mol. The number of nitriles is 1. The number of nitro groups is 1. The first kappa shape index (κ1) is 24.1. The second kappa shape index (κ2) is 9.29. The number of alkyl halides is 3. The third-order valence-corrected chi connectivity index (χ3v) is 5.18. The molecule has 0 radical (unpaired) electrons. The average molecular weight is 520 g/mol. The van der Waals surface area contributed by atoms with E-state index in [-0.39, 0.29) is 32.8 Å². The van der Waals surface area contributed by atoms with E-state index in [1.165, 1.54) is 18.2 Å². The molecule has 0 bridgehead atoms. The van der Waals surface area contributed by atoms with Crippen molar-refractivity contribution in [3.63, 3.8) is 0 Å². The molecule has 176 valence electrons. The summed E-state index contributed by atoms with van der Waals surface area (Å²) in [5.74, 6) is -0.693. The largest absolute Gasteiger partial charge is 0.448 e. The summed E-state index contributed by atoms with van der Waals surface area (Å²) in [6.45, 7) is 0. The summed E-state index contributed by atoms with van der Waals surface area (Å²) in [6.07, 6.45) is -3.51. The van der Waals surface area contributed by atoms with Gasteiger partial charge in [-0.25, -0.2) is 4.98 Å². The number of para-hydroxylation sites is 2. The molecule has 4 aromatic rings. The van der Waals surface area contributed by atoms with Crippen LogP contribution >= 0.6 is 23.2 Å². The smallest absolute Gasteiger partial charge is 0.416 e. The summed E-state index contributed by atoms with van der Waals surface area (Å²) in [7, 11) is 0. The van der Waals surface area contributed by atoms with Gasteiger partial charge in [0, 0.05) is 16.7 Å². The van der Waals surface area contributed by atoms with Crippen molar-refractivity contribution in [2.24, 2.45) is 0 Å². The number of rotatable bonds is 5. The summed E-state index contributed by atoms with van der Waals surface area (Å²) in [5, 5.41) is 21.2. The fourth-order valence-corrected chi connectivity index (χ4v) is 3.66. The van der Waals surface area contributed by atoms with Gasteiger partial charge in [-0.1, -0.05) is 35.3 Å². The van der Waals surface area contributed by atoms with Gasteiger partial charge in [-0.3, -0.25) is 10.1 Å². The van der Waals surface area contributed by atoms with E-state index in [9.17, 15) is 28.5 Å². The summed E-state index contributed by atoms with van der Waals surface area (Å²) in [4.78, 5) is 14.7. The van der Waals surface area contributed by atoms with Crippen LogP contribution < -0.4 is 4.74 Å². The summed E-state index contributed by atoms with van der Waals surface area (Å²) in [5.41, 5.74) is -1.15. The van der Waals surface area contributed by atoms with Crippen molar-refractivity contribution < 1.29 is 27.2 Å². The van der Waals surface area contributed by atoms with E-state index in [4.69, 9.17) is 32.4 Å². The maximum Gasteiger partial charge on any atom is 0.416 e. The molecule has 0 spiro atoms. The first-order valence-electron chi connectivity index (χ1n) is 9.57. The number of benzene rings is 3. The minimum absolute atomic E-state index is 0.0174. The molecule has 7 nitrogen and oxygen atoms in total. The Hall–Kier alpha value is -4.07. The lowest BCUT2D eigenvalue weighted by molar-refractivity contribution is -0.385. The van der Waals surface area contributed by atoms with E-state index in [2.05, 4.69) is 4.98 Å². The number of allylic oxidation sites excluding steroid dienone is 1. The number of halogens is 5. The zero-order valence-electron chi connectivity index (χ0n) is 17.1. The van der Waals surface area contributed by atoms with Gasteiger partial charge in [0.05, 0.1) is 15.5 Å². The molecule has 0 fully saturated rings. The lowest BCUT2D eigenvalue weighted by Crippen LogP contribution is -2.06. The van der Waals surface area contributed by atoms with Crippen molar-refractivity contribution in [2.45, 2.75) is 6.18 Å². The van der Waals surface area contributed by atoms with Crippen LogP contribution in [-0.4, -0.2) is 9.91 Å². The third kappa shape index (κ3) is 5.06. The molecular weight excluding hydrogens is 510 g/mol. The van der Waals surface area contributed by atoms with Gasteiger partial charge in [-0.2, -0.15) is 18.4 Å². The highest BCUT2D eigenvalue weighted by molar-refractivity contribution is 6.36. The Bertz CT molecular complexity index is 1510. The van der Waals surface area contributed by atoms with Crippen LogP contribution in [0.3, 0.4) is 0 Å². The van der Waals surface area contributed by atoms with Gasteiger partial charge in [-0.05, 0) is 42.5 Å². The van der Waals surface area contributed by atoms with Gasteiger partial charge in [0.25, 0.3) is 0 Å². The standard InChI is InChI=1S/C23H10Cl2F3N3O4/c24-15-8-12(7-13(11-29)22-30-17-3-1-2-4-19(17)35-22)21(16(25)10-15)34-20-6-5-14(23(26,27)28)9-18(20)31(32)33/h1-10H/b13-7+. The summed E-state index contributed by atoms with van der Waals surface area (Å²) < 4.78 is 50.3. The number of nitro benzene ring substituents is 1. The van der Waals surface area contributed by atoms with Crippen molar-refractivity contribution in [2.75, 3.05) is 0 Å². The number of fused-ring (bicyclic) bond motifs is 1.